The van der Waals surface area contributed by atoms with Crippen LogP contribution >= 0.6 is 0 Å². The van der Waals surface area contributed by atoms with Gasteiger partial charge in [-0.1, -0.05) is 299 Å². The summed E-state index contributed by atoms with van der Waals surface area (Å²) in [6, 6.07) is 0. The predicted octanol–water partition coefficient (Wildman–Crippen LogP) is 20.5. The maximum atomic E-state index is 12.9. The van der Waals surface area contributed by atoms with Gasteiger partial charge in [-0.2, -0.15) is 0 Å². The van der Waals surface area contributed by atoms with Crippen molar-refractivity contribution in [3.63, 3.8) is 0 Å². The second kappa shape index (κ2) is 61.8. The lowest BCUT2D eigenvalue weighted by atomic mass is 10.0. The first kappa shape index (κ1) is 76.7. The lowest BCUT2D eigenvalue weighted by molar-refractivity contribution is -0.870. The standard InChI is InChI=1S/C71H127NO8/c1-6-8-10-12-14-16-18-20-22-24-26-28-29-30-31-32-33-34-35-36-37-38-39-40-41-42-44-46-48-50-52-54-56-58-60-62-69(74)80-67(66-79-71(70(75)76)77-64-63-72(3,4)5)65-78-68(73)61-59-57-55-53-51-49-47-45-43-27-25-23-21-19-17-15-13-11-9-7-2/h8,10,14,16,20,22,26,28,30-31,33-34,67,71H,6-7,9,11-13,15,17-19,21,23-25,27,29,32,35-66H2,1-5H3/p+1/b10-8-,16-14-,22-20-,28-26-,31-30-,34-33-. The topological polar surface area (TPSA) is 108 Å². The number of likely N-dealkylation sites (N-methyl/N-ethyl adjacent to an activating group) is 1. The van der Waals surface area contributed by atoms with Crippen LogP contribution in [0.3, 0.4) is 0 Å². The molecule has 2 unspecified atom stereocenters. The molecule has 9 heteroatoms. The van der Waals surface area contributed by atoms with E-state index < -0.39 is 24.3 Å². The first-order valence-corrected chi connectivity index (χ1v) is 33.6. The van der Waals surface area contributed by atoms with Gasteiger partial charge in [0.2, 0.25) is 0 Å². The molecule has 0 aromatic heterocycles. The van der Waals surface area contributed by atoms with E-state index in [2.05, 4.69) is 86.8 Å². The van der Waals surface area contributed by atoms with E-state index in [0.717, 1.165) is 77.0 Å². The number of carbonyl (C=O) groups is 3. The Balaban J connectivity index is 4.09. The molecular weight excluding hydrogens is 995 g/mol. The summed E-state index contributed by atoms with van der Waals surface area (Å²) in [6.07, 6.45) is 78.6. The summed E-state index contributed by atoms with van der Waals surface area (Å²) in [4.78, 5) is 37.6. The number of carbonyl (C=O) groups excluding carboxylic acids is 2. The van der Waals surface area contributed by atoms with Crippen LogP contribution in [-0.2, 0) is 33.3 Å². The summed E-state index contributed by atoms with van der Waals surface area (Å²) in [5, 5.41) is 9.73. The molecule has 0 fully saturated rings. The highest BCUT2D eigenvalue weighted by Gasteiger charge is 2.25. The molecule has 0 radical (unpaired) electrons. The molecule has 2 atom stereocenters. The molecule has 0 saturated carbocycles. The number of aliphatic carboxylic acids is 1. The Kier molecular flexibility index (Phi) is 59.3. The van der Waals surface area contributed by atoms with Crippen molar-refractivity contribution in [1.82, 2.24) is 0 Å². The number of quaternary nitrogens is 1. The van der Waals surface area contributed by atoms with Crippen LogP contribution in [0.25, 0.3) is 0 Å². The molecule has 0 spiro atoms. The number of carboxylic acid groups (broad SMARTS) is 1. The number of hydrogen-bond donors (Lipinski definition) is 1. The van der Waals surface area contributed by atoms with Crippen LogP contribution in [-0.4, -0.2) is 87.4 Å². The summed E-state index contributed by atoms with van der Waals surface area (Å²) < 4.78 is 23.0. The van der Waals surface area contributed by atoms with Crippen LogP contribution in [0.1, 0.15) is 303 Å². The molecule has 0 saturated heterocycles. The molecule has 464 valence electrons. The highest BCUT2D eigenvalue weighted by atomic mass is 16.7. The van der Waals surface area contributed by atoms with Gasteiger partial charge in [0.1, 0.15) is 13.2 Å². The second-order valence-corrected chi connectivity index (χ2v) is 23.8. The minimum Gasteiger partial charge on any atom is -0.477 e. The van der Waals surface area contributed by atoms with Crippen molar-refractivity contribution in [2.45, 2.75) is 315 Å². The van der Waals surface area contributed by atoms with E-state index in [1.165, 1.54) is 199 Å². The Morgan fingerprint density at radius 3 is 1.06 bits per heavy atom. The zero-order valence-electron chi connectivity index (χ0n) is 53.0. The Labute approximate surface area is 494 Å². The SMILES string of the molecule is CC/C=C\C/C=C\C/C=C\C/C=C\C/C=C\C/C=C\CCCCCCCCCCCCCCCCCCC(=O)OC(COC(=O)CCCCCCCCCCCCCCCCCCCCCC)COC(OCC[N+](C)(C)C)C(=O)O. The van der Waals surface area contributed by atoms with E-state index in [1.807, 2.05) is 21.1 Å². The molecule has 0 aromatic rings. The number of carboxylic acids is 1. The maximum Gasteiger partial charge on any atom is 0.361 e. The quantitative estimate of drug-likeness (QED) is 0.0211. The second-order valence-electron chi connectivity index (χ2n) is 23.8. The van der Waals surface area contributed by atoms with Crippen molar-refractivity contribution in [3.8, 4) is 0 Å². The highest BCUT2D eigenvalue weighted by Crippen LogP contribution is 2.18. The molecule has 1 N–H and O–H groups in total. The fourth-order valence-electron chi connectivity index (χ4n) is 9.61. The third-order valence-corrected chi connectivity index (χ3v) is 14.7. The summed E-state index contributed by atoms with van der Waals surface area (Å²) in [6.45, 7) is 4.81. The van der Waals surface area contributed by atoms with Gasteiger partial charge < -0.3 is 28.5 Å². The van der Waals surface area contributed by atoms with Crippen molar-refractivity contribution >= 4 is 17.9 Å². The maximum absolute atomic E-state index is 12.9. The largest absolute Gasteiger partial charge is 0.477 e. The van der Waals surface area contributed by atoms with Gasteiger partial charge >= 0.3 is 17.9 Å². The minimum absolute atomic E-state index is 0.179. The molecule has 0 heterocycles. The van der Waals surface area contributed by atoms with Crippen LogP contribution in [0.15, 0.2) is 72.9 Å². The molecule has 80 heavy (non-hydrogen) atoms. The fourth-order valence-corrected chi connectivity index (χ4v) is 9.61. The highest BCUT2D eigenvalue weighted by molar-refractivity contribution is 5.71. The van der Waals surface area contributed by atoms with Gasteiger partial charge in [-0.15, -0.1) is 0 Å². The number of allylic oxidation sites excluding steroid dienone is 12. The molecule has 0 aliphatic carbocycles. The van der Waals surface area contributed by atoms with Gasteiger partial charge in [-0.25, -0.2) is 4.79 Å². The lowest BCUT2D eigenvalue weighted by Crippen LogP contribution is -2.40. The molecule has 0 amide bonds. The van der Waals surface area contributed by atoms with Crippen LogP contribution < -0.4 is 0 Å². The molecule has 9 nitrogen and oxygen atoms in total. The Morgan fingerprint density at radius 2 is 0.713 bits per heavy atom. The Bertz CT molecular complexity index is 1540. The lowest BCUT2D eigenvalue weighted by Gasteiger charge is -2.25. The normalized spacial score (nSPS) is 13.2. The van der Waals surface area contributed by atoms with Crippen LogP contribution in [0.5, 0.6) is 0 Å². The van der Waals surface area contributed by atoms with Gasteiger partial charge in [-0.3, -0.25) is 9.59 Å². The Hall–Kier alpha value is -3.27. The van der Waals surface area contributed by atoms with Crippen LogP contribution in [0.4, 0.5) is 0 Å². The number of nitrogens with zero attached hydrogens (tertiary/aromatic N) is 1. The number of unbranched alkanes of at least 4 members (excludes halogenated alkanes) is 35. The van der Waals surface area contributed by atoms with Crippen molar-refractivity contribution in [1.29, 1.82) is 0 Å². The molecule has 0 aliphatic rings. The number of hydrogen-bond acceptors (Lipinski definition) is 7. The number of esters is 2. The molecule has 0 aromatic carbocycles. The first-order valence-electron chi connectivity index (χ1n) is 33.6. The average Bonchev–Trinajstić information content (AvgIpc) is 3.43. The van der Waals surface area contributed by atoms with Gasteiger partial charge in [0.05, 0.1) is 34.4 Å². The summed E-state index contributed by atoms with van der Waals surface area (Å²) >= 11 is 0. The van der Waals surface area contributed by atoms with Gasteiger partial charge in [-0.05, 0) is 64.2 Å². The third-order valence-electron chi connectivity index (χ3n) is 14.7. The van der Waals surface area contributed by atoms with Crippen molar-refractivity contribution in [2.75, 3.05) is 47.5 Å². The van der Waals surface area contributed by atoms with Crippen LogP contribution in [0.2, 0.25) is 0 Å². The average molecular weight is 1120 g/mol. The van der Waals surface area contributed by atoms with E-state index in [9.17, 15) is 19.5 Å². The van der Waals surface area contributed by atoms with E-state index in [1.54, 1.807) is 0 Å². The number of ether oxygens (including phenoxy) is 4. The summed E-state index contributed by atoms with van der Waals surface area (Å²) in [5.74, 6) is -1.99. The Morgan fingerprint density at radius 1 is 0.388 bits per heavy atom. The smallest absolute Gasteiger partial charge is 0.361 e. The summed E-state index contributed by atoms with van der Waals surface area (Å²) in [7, 11) is 5.98. The fraction of sp³-hybridized carbons (Fsp3) is 0.789. The zero-order chi connectivity index (χ0) is 58.3. The number of rotatable bonds is 62. The predicted molar refractivity (Wildman–Crippen MR) is 341 cm³/mol. The minimum atomic E-state index is -1.51. The third kappa shape index (κ3) is 62.3. The van der Waals surface area contributed by atoms with E-state index in [-0.39, 0.29) is 32.2 Å². The molecule has 0 rings (SSSR count). The molecular formula is C71H128NO8+. The summed E-state index contributed by atoms with van der Waals surface area (Å²) in [5.41, 5.74) is 0. The van der Waals surface area contributed by atoms with Crippen molar-refractivity contribution < 1.29 is 42.9 Å². The first-order chi connectivity index (χ1) is 39.1. The van der Waals surface area contributed by atoms with Gasteiger partial charge in [0.25, 0.3) is 6.29 Å². The van der Waals surface area contributed by atoms with Crippen molar-refractivity contribution in [2.24, 2.45) is 0 Å². The van der Waals surface area contributed by atoms with Crippen molar-refractivity contribution in [3.05, 3.63) is 72.9 Å². The molecule has 0 bridgehead atoms. The van der Waals surface area contributed by atoms with E-state index >= 15 is 0 Å². The van der Waals surface area contributed by atoms with Gasteiger partial charge in [0, 0.05) is 12.8 Å². The van der Waals surface area contributed by atoms with Crippen LogP contribution in [0, 0.1) is 0 Å². The van der Waals surface area contributed by atoms with Gasteiger partial charge in [0.15, 0.2) is 6.10 Å². The van der Waals surface area contributed by atoms with E-state index in [0.29, 0.717) is 17.4 Å². The zero-order valence-corrected chi connectivity index (χ0v) is 53.0. The van der Waals surface area contributed by atoms with E-state index in [4.69, 9.17) is 18.9 Å². The molecule has 0 aliphatic heterocycles. The monoisotopic (exact) mass is 1120 g/mol.